The number of halogens is 3. The van der Waals surface area contributed by atoms with E-state index in [2.05, 4.69) is 20.5 Å². The van der Waals surface area contributed by atoms with E-state index in [0.717, 1.165) is 31.0 Å². The van der Waals surface area contributed by atoms with Crippen molar-refractivity contribution in [3.8, 4) is 5.75 Å². The fourth-order valence-corrected chi connectivity index (χ4v) is 3.54. The quantitative estimate of drug-likeness (QED) is 0.262. The summed E-state index contributed by atoms with van der Waals surface area (Å²) in [4.78, 5) is 7.07. The van der Waals surface area contributed by atoms with Gasteiger partial charge in [-0.2, -0.15) is 0 Å². The highest BCUT2D eigenvalue weighted by Crippen LogP contribution is 2.24. The van der Waals surface area contributed by atoms with Gasteiger partial charge in [-0.25, -0.2) is 13.8 Å². The third kappa shape index (κ3) is 8.29. The molecule has 2 N–H and O–H groups in total. The first-order valence-electron chi connectivity index (χ1n) is 10.4. The van der Waals surface area contributed by atoms with Gasteiger partial charge in [0.1, 0.15) is 18.1 Å². The third-order valence-electron chi connectivity index (χ3n) is 4.95. The fraction of sp³-hybridized carbons (Fsp3) is 0.500. The molecule has 1 saturated heterocycles. The highest BCUT2D eigenvalue weighted by atomic mass is 127. The van der Waals surface area contributed by atoms with Gasteiger partial charge in [0.2, 0.25) is 0 Å². The Bertz CT molecular complexity index is 784. The molecule has 6 nitrogen and oxygen atoms in total. The zero-order valence-corrected chi connectivity index (χ0v) is 20.1. The lowest BCUT2D eigenvalue weighted by molar-refractivity contribution is 0.0818. The van der Waals surface area contributed by atoms with Crippen molar-refractivity contribution < 1.29 is 17.9 Å². The Balaban J connectivity index is 0.00000341. The van der Waals surface area contributed by atoms with Crippen LogP contribution in [-0.2, 0) is 6.54 Å². The molecule has 0 bridgehead atoms. The number of aliphatic imine (C=N–C) groups is 1. The first-order valence-corrected chi connectivity index (χ1v) is 10.4. The van der Waals surface area contributed by atoms with Crippen molar-refractivity contribution in [1.29, 1.82) is 0 Å². The van der Waals surface area contributed by atoms with E-state index < -0.39 is 13.0 Å². The molecule has 2 aromatic rings. The summed E-state index contributed by atoms with van der Waals surface area (Å²) in [5.41, 5.74) is 0.890. The lowest BCUT2D eigenvalue weighted by atomic mass is 10.2. The van der Waals surface area contributed by atoms with Crippen molar-refractivity contribution >= 4 is 29.9 Å². The van der Waals surface area contributed by atoms with Crippen molar-refractivity contribution in [1.82, 2.24) is 15.5 Å². The van der Waals surface area contributed by atoms with Gasteiger partial charge in [-0.3, -0.25) is 4.90 Å². The second kappa shape index (κ2) is 13.5. The van der Waals surface area contributed by atoms with Gasteiger partial charge in [-0.1, -0.05) is 12.1 Å². The summed E-state index contributed by atoms with van der Waals surface area (Å²) in [6.07, 6.45) is 1.62. The number of hydrogen-bond donors (Lipinski definition) is 2. The van der Waals surface area contributed by atoms with Crippen LogP contribution in [0.4, 0.5) is 8.78 Å². The summed E-state index contributed by atoms with van der Waals surface area (Å²) >= 11 is 0. The molecule has 1 aliphatic rings. The first kappa shape index (κ1) is 25.4. The number of furan rings is 1. The van der Waals surface area contributed by atoms with Gasteiger partial charge in [0, 0.05) is 13.1 Å². The Kier molecular flexibility index (Phi) is 11.1. The Morgan fingerprint density at radius 3 is 2.68 bits per heavy atom. The smallest absolute Gasteiger partial charge is 0.272 e. The minimum atomic E-state index is -2.49. The predicted molar refractivity (Wildman–Crippen MR) is 128 cm³/mol. The molecular weight excluding hydrogens is 517 g/mol. The number of nitrogens with one attached hydrogen (secondary N) is 2. The second-order valence-corrected chi connectivity index (χ2v) is 7.20. The average Bonchev–Trinajstić information content (AvgIpc) is 3.46. The summed E-state index contributed by atoms with van der Waals surface area (Å²) in [7, 11) is 0. The molecule has 2 heterocycles. The average molecular weight is 548 g/mol. The Morgan fingerprint density at radius 1 is 1.19 bits per heavy atom. The molecule has 1 aromatic heterocycles. The van der Waals surface area contributed by atoms with Gasteiger partial charge in [0.25, 0.3) is 6.43 Å². The third-order valence-corrected chi connectivity index (χ3v) is 4.95. The van der Waals surface area contributed by atoms with Crippen LogP contribution in [-0.4, -0.2) is 50.1 Å². The lowest BCUT2D eigenvalue weighted by Crippen LogP contribution is -2.42. The highest BCUT2D eigenvalue weighted by molar-refractivity contribution is 14.0. The predicted octanol–water partition coefficient (Wildman–Crippen LogP) is 4.43. The minimum Gasteiger partial charge on any atom is -0.488 e. The largest absolute Gasteiger partial charge is 0.488 e. The van der Waals surface area contributed by atoms with E-state index in [-0.39, 0.29) is 30.0 Å². The molecule has 0 amide bonds. The van der Waals surface area contributed by atoms with E-state index in [1.807, 2.05) is 25.1 Å². The van der Waals surface area contributed by atoms with Crippen LogP contribution in [0.2, 0.25) is 0 Å². The number of guanidine groups is 1. The van der Waals surface area contributed by atoms with Crippen LogP contribution >= 0.6 is 24.0 Å². The maximum atomic E-state index is 12.4. The van der Waals surface area contributed by atoms with Crippen molar-refractivity contribution in [3.05, 3.63) is 54.0 Å². The number of likely N-dealkylation sites (tertiary alicyclic amines) is 1. The van der Waals surface area contributed by atoms with Crippen LogP contribution in [0.15, 0.2) is 52.1 Å². The molecule has 0 aliphatic carbocycles. The van der Waals surface area contributed by atoms with Gasteiger partial charge >= 0.3 is 0 Å². The molecule has 3 rings (SSSR count). The van der Waals surface area contributed by atoms with Gasteiger partial charge in [-0.05, 0) is 62.7 Å². The van der Waals surface area contributed by atoms with Gasteiger partial charge in [0.05, 0.1) is 18.8 Å². The maximum absolute atomic E-state index is 12.4. The summed E-state index contributed by atoms with van der Waals surface area (Å²) in [5.74, 6) is 2.07. The zero-order valence-electron chi connectivity index (χ0n) is 17.7. The second-order valence-electron chi connectivity index (χ2n) is 7.20. The maximum Gasteiger partial charge on any atom is 0.272 e. The minimum absolute atomic E-state index is 0. The van der Waals surface area contributed by atoms with Crippen LogP contribution in [0.25, 0.3) is 0 Å². The molecule has 31 heavy (non-hydrogen) atoms. The van der Waals surface area contributed by atoms with Crippen LogP contribution in [0.3, 0.4) is 0 Å². The number of ether oxygens (including phenoxy) is 1. The molecule has 0 radical (unpaired) electrons. The van der Waals surface area contributed by atoms with Crippen LogP contribution in [0, 0.1) is 0 Å². The normalized spacial score (nSPS) is 15.5. The molecule has 1 atom stereocenters. The monoisotopic (exact) mass is 548 g/mol. The molecule has 0 saturated carbocycles. The van der Waals surface area contributed by atoms with Gasteiger partial charge < -0.3 is 19.8 Å². The summed E-state index contributed by atoms with van der Waals surface area (Å²) in [5, 5.41) is 6.68. The van der Waals surface area contributed by atoms with E-state index in [4.69, 9.17) is 9.15 Å². The van der Waals surface area contributed by atoms with Gasteiger partial charge in [-0.15, -0.1) is 24.0 Å². The van der Waals surface area contributed by atoms with E-state index in [0.29, 0.717) is 24.8 Å². The van der Waals surface area contributed by atoms with Crippen LogP contribution in [0.5, 0.6) is 5.75 Å². The molecule has 1 fully saturated rings. The topological polar surface area (TPSA) is 62.0 Å². The van der Waals surface area contributed by atoms with E-state index >= 15 is 0 Å². The fourth-order valence-electron chi connectivity index (χ4n) is 3.54. The Morgan fingerprint density at radius 2 is 2.00 bits per heavy atom. The zero-order chi connectivity index (χ0) is 21.2. The summed E-state index contributed by atoms with van der Waals surface area (Å²) < 4.78 is 35.5. The Hall–Kier alpha value is -1.88. The molecule has 1 unspecified atom stereocenters. The van der Waals surface area contributed by atoms with Crippen molar-refractivity contribution in [2.45, 2.75) is 38.8 Å². The molecule has 172 valence electrons. The van der Waals surface area contributed by atoms with Gasteiger partial charge in [0.15, 0.2) is 5.96 Å². The van der Waals surface area contributed by atoms with E-state index in [1.54, 1.807) is 24.5 Å². The van der Waals surface area contributed by atoms with Crippen molar-refractivity contribution in [2.24, 2.45) is 4.99 Å². The number of nitrogens with zero attached hydrogens (tertiary/aromatic N) is 2. The molecule has 1 aromatic carbocycles. The van der Waals surface area contributed by atoms with Crippen molar-refractivity contribution in [3.63, 3.8) is 0 Å². The van der Waals surface area contributed by atoms with E-state index in [1.165, 1.54) is 12.8 Å². The molecule has 0 spiro atoms. The highest BCUT2D eigenvalue weighted by Gasteiger charge is 2.25. The lowest BCUT2D eigenvalue weighted by Gasteiger charge is -2.26. The number of hydrogen-bond acceptors (Lipinski definition) is 4. The summed E-state index contributed by atoms with van der Waals surface area (Å²) in [6.45, 7) is 5.35. The van der Waals surface area contributed by atoms with E-state index in [9.17, 15) is 8.78 Å². The Labute approximate surface area is 199 Å². The number of benzene rings is 1. The van der Waals surface area contributed by atoms with Crippen LogP contribution < -0.4 is 15.4 Å². The SMILES string of the molecule is CCNC(=NCc1cccc(OCC(F)F)c1)NCC(c1ccco1)N1CCCC1.I. The molecule has 9 heteroatoms. The first-order chi connectivity index (χ1) is 14.7. The summed E-state index contributed by atoms with van der Waals surface area (Å²) in [6, 6.07) is 11.2. The number of alkyl halides is 2. The van der Waals surface area contributed by atoms with Crippen LogP contribution in [0.1, 0.15) is 37.1 Å². The molecule has 1 aliphatic heterocycles. The molecular formula is C22H31F2IN4O2. The standard InChI is InChI=1S/C22H30F2N4O2.HI/c1-2-25-22(26-14-17-7-5-8-18(13-17)30-16-21(23)24)27-15-19(20-9-6-12-29-20)28-10-3-4-11-28;/h5-9,12-13,19,21H,2-4,10-11,14-16H2,1H3,(H2,25,26,27);1H. The van der Waals surface area contributed by atoms with Crippen molar-refractivity contribution in [2.75, 3.05) is 32.8 Å². The number of rotatable bonds is 10.